The van der Waals surface area contributed by atoms with E-state index in [1.165, 1.54) is 0 Å². The Balaban J connectivity index is 0. The number of aliphatic hydroxyl groups is 1. The Hall–Kier alpha value is 0.583. The zero-order chi connectivity index (χ0) is 9.61. The second kappa shape index (κ2) is 7.94. The fourth-order valence-electron chi connectivity index (χ4n) is 1.51. The van der Waals surface area contributed by atoms with Gasteiger partial charge in [0.25, 0.3) is 0 Å². The second-order valence-corrected chi connectivity index (χ2v) is 3.10. The first-order chi connectivity index (χ1) is 5.64. The number of rotatable bonds is 5. The van der Waals surface area contributed by atoms with Gasteiger partial charge in [-0.3, -0.25) is 0 Å². The van der Waals surface area contributed by atoms with Crippen LogP contribution in [0.2, 0.25) is 0 Å². The van der Waals surface area contributed by atoms with Crippen LogP contribution in [0.3, 0.4) is 0 Å². The van der Waals surface area contributed by atoms with Crippen molar-refractivity contribution < 1.29 is 31.3 Å². The van der Waals surface area contributed by atoms with Gasteiger partial charge in [0.1, 0.15) is 0 Å². The summed E-state index contributed by atoms with van der Waals surface area (Å²) < 4.78 is 0. The predicted octanol–water partition coefficient (Wildman–Crippen LogP) is 3.08. The Labute approximate surface area is 102 Å². The van der Waals surface area contributed by atoms with E-state index in [2.05, 4.69) is 19.9 Å². The van der Waals surface area contributed by atoms with Crippen LogP contribution in [0.5, 0.6) is 0 Å². The van der Waals surface area contributed by atoms with Crippen LogP contribution in [-0.4, -0.2) is 10.7 Å². The van der Waals surface area contributed by atoms with Crippen molar-refractivity contribution in [2.45, 2.75) is 59.0 Å². The molecule has 0 aliphatic rings. The van der Waals surface area contributed by atoms with Gasteiger partial charge in [0.2, 0.25) is 0 Å². The van der Waals surface area contributed by atoms with Gasteiger partial charge >= 0.3 is 0 Å². The van der Waals surface area contributed by atoms with Crippen molar-refractivity contribution in [3.8, 4) is 0 Å². The van der Waals surface area contributed by atoms with Crippen LogP contribution in [0.15, 0.2) is 5.57 Å². The Morgan fingerprint density at radius 1 is 1.15 bits per heavy atom. The molecule has 0 spiro atoms. The summed E-state index contributed by atoms with van der Waals surface area (Å²) in [7, 11) is 0. The number of hydrogen-bond acceptors (Lipinski definition) is 1. The Morgan fingerprint density at radius 3 is 1.85 bits per heavy atom. The van der Waals surface area contributed by atoms with E-state index >= 15 is 0 Å². The molecule has 0 aliphatic heterocycles. The van der Waals surface area contributed by atoms with Crippen LogP contribution >= 0.6 is 0 Å². The van der Waals surface area contributed by atoms with Gasteiger partial charge < -0.3 is 11.2 Å². The monoisotopic (exact) mass is 259 g/mol. The average Bonchev–Trinajstić information content (AvgIpc) is 2.13. The third-order valence-electron chi connectivity index (χ3n) is 2.48. The molecule has 1 nitrogen and oxygen atoms in total. The van der Waals surface area contributed by atoms with Gasteiger partial charge in [-0.25, -0.2) is 5.57 Å². The van der Waals surface area contributed by atoms with Gasteiger partial charge in [-0.15, -0.1) is 0 Å². The van der Waals surface area contributed by atoms with Crippen molar-refractivity contribution in [1.82, 2.24) is 0 Å². The predicted molar refractivity (Wildman–Crippen MR) is 52.9 cm³/mol. The Bertz CT molecular complexity index is 148. The molecule has 0 heterocycles. The van der Waals surface area contributed by atoms with Crippen molar-refractivity contribution in [2.24, 2.45) is 0 Å². The maximum atomic E-state index is 10.1. The average molecular weight is 261 g/mol. The van der Waals surface area contributed by atoms with Gasteiger partial charge in [0, 0.05) is 26.2 Å². The first kappa shape index (κ1) is 16.0. The molecule has 0 rings (SSSR count). The fraction of sp³-hybridized carbons (Fsp3) is 0.818. The van der Waals surface area contributed by atoms with E-state index in [1.807, 2.05) is 13.8 Å². The van der Waals surface area contributed by atoms with Gasteiger partial charge in [-0.05, 0) is 12.8 Å². The van der Waals surface area contributed by atoms with Crippen LogP contribution in [-0.2, 0) is 26.2 Å². The summed E-state index contributed by atoms with van der Waals surface area (Å²) in [6, 6.07) is 0. The summed E-state index contributed by atoms with van der Waals surface area (Å²) in [4.78, 5) is 0. The zero-order valence-electron chi connectivity index (χ0n) is 9.28. The maximum absolute atomic E-state index is 10.1. The molecule has 1 N–H and O–H groups in total. The molecule has 0 amide bonds. The SMILES string of the molecule is CC[C-]=C(CC)C(O)(CC)CC.[Zr]. The zero-order valence-corrected chi connectivity index (χ0v) is 11.7. The molecule has 0 atom stereocenters. The molecular formula is C11H21OZr-. The van der Waals surface area contributed by atoms with Crippen LogP contribution in [0.25, 0.3) is 0 Å². The summed E-state index contributed by atoms with van der Waals surface area (Å²) in [6.07, 6.45) is 6.63. The first-order valence-electron chi connectivity index (χ1n) is 4.97. The molecule has 0 aromatic heterocycles. The minimum Gasteiger partial charge on any atom is -0.495 e. The first-order valence-corrected chi connectivity index (χ1v) is 4.97. The van der Waals surface area contributed by atoms with Crippen molar-refractivity contribution >= 4 is 0 Å². The number of allylic oxidation sites excluding steroid dienone is 1. The molecule has 0 aromatic rings. The maximum Gasteiger partial charge on any atom is 0.0537 e. The molecule has 0 aliphatic carbocycles. The molecule has 0 fully saturated rings. The molecule has 2 heteroatoms. The molecule has 13 heavy (non-hydrogen) atoms. The van der Waals surface area contributed by atoms with Gasteiger partial charge in [0.15, 0.2) is 0 Å². The van der Waals surface area contributed by atoms with Crippen LogP contribution in [0.4, 0.5) is 0 Å². The summed E-state index contributed by atoms with van der Waals surface area (Å²) in [5.41, 5.74) is 0.486. The van der Waals surface area contributed by atoms with E-state index in [-0.39, 0.29) is 26.2 Å². The molecule has 0 bridgehead atoms. The summed E-state index contributed by atoms with van der Waals surface area (Å²) in [5.74, 6) is 0. The minimum atomic E-state index is -0.592. The number of hydrogen-bond donors (Lipinski definition) is 1. The van der Waals surface area contributed by atoms with E-state index in [0.717, 1.165) is 31.3 Å². The molecule has 76 valence electrons. The van der Waals surface area contributed by atoms with E-state index in [1.54, 1.807) is 0 Å². The molecule has 0 radical (unpaired) electrons. The van der Waals surface area contributed by atoms with E-state index in [4.69, 9.17) is 0 Å². The smallest absolute Gasteiger partial charge is 0.0537 e. The second-order valence-electron chi connectivity index (χ2n) is 3.10. The minimum absolute atomic E-state index is 0. The van der Waals surface area contributed by atoms with Gasteiger partial charge in [0.05, 0.1) is 5.60 Å². The topological polar surface area (TPSA) is 20.2 Å². The van der Waals surface area contributed by atoms with Crippen LogP contribution in [0.1, 0.15) is 53.4 Å². The normalized spacial score (nSPS) is 12.5. The Kier molecular flexibility index (Phi) is 9.79. The molecule has 0 unspecified atom stereocenters. The van der Waals surface area contributed by atoms with Gasteiger partial charge in [-0.2, -0.15) is 6.42 Å². The van der Waals surface area contributed by atoms with Crippen LogP contribution < -0.4 is 0 Å². The van der Waals surface area contributed by atoms with Crippen molar-refractivity contribution in [2.75, 3.05) is 0 Å². The third kappa shape index (κ3) is 4.56. The molecule has 0 saturated carbocycles. The third-order valence-corrected chi connectivity index (χ3v) is 2.48. The summed E-state index contributed by atoms with van der Waals surface area (Å²) in [5, 5.41) is 10.1. The molecule has 0 aromatic carbocycles. The van der Waals surface area contributed by atoms with E-state index < -0.39 is 5.60 Å². The fourth-order valence-corrected chi connectivity index (χ4v) is 1.51. The standard InChI is InChI=1S/C11H21O.Zr/c1-5-9-10(6-2)11(12,7-3)8-4;/h12H,5-8H2,1-4H3;/q-1;. The van der Waals surface area contributed by atoms with Crippen LogP contribution in [0, 0.1) is 6.08 Å². The van der Waals surface area contributed by atoms with Crippen molar-refractivity contribution in [3.05, 3.63) is 11.6 Å². The largest absolute Gasteiger partial charge is 0.495 e. The van der Waals surface area contributed by atoms with E-state index in [0.29, 0.717) is 0 Å². The van der Waals surface area contributed by atoms with Gasteiger partial charge in [-0.1, -0.05) is 34.1 Å². The summed E-state index contributed by atoms with van der Waals surface area (Å²) in [6.45, 7) is 8.18. The van der Waals surface area contributed by atoms with E-state index in [9.17, 15) is 5.11 Å². The quantitative estimate of drug-likeness (QED) is 0.753. The molecular weight excluding hydrogens is 239 g/mol. The van der Waals surface area contributed by atoms with Crippen molar-refractivity contribution in [1.29, 1.82) is 0 Å². The van der Waals surface area contributed by atoms with Crippen molar-refractivity contribution in [3.63, 3.8) is 0 Å². The summed E-state index contributed by atoms with van der Waals surface area (Å²) >= 11 is 0. The molecule has 0 saturated heterocycles. The Morgan fingerprint density at radius 2 is 1.62 bits per heavy atom.